The molecule has 0 saturated carbocycles. The van der Waals surface area contributed by atoms with Crippen molar-refractivity contribution < 1.29 is 14.3 Å². The van der Waals surface area contributed by atoms with Crippen molar-refractivity contribution in [3.8, 4) is 0 Å². The first kappa shape index (κ1) is 15.9. The van der Waals surface area contributed by atoms with Gasteiger partial charge in [-0.1, -0.05) is 22.9 Å². The molecule has 0 unspecified atom stereocenters. The molecule has 0 saturated heterocycles. The number of nitrogens with one attached hydrogen (secondary N) is 1. The summed E-state index contributed by atoms with van der Waals surface area (Å²) >= 11 is 8.29. The number of hydrogen-bond donors (Lipinski definition) is 1. The molecule has 8 heteroatoms. The summed E-state index contributed by atoms with van der Waals surface area (Å²) in [5.74, 6) is -0.615. The number of rotatable bonds is 5. The molecule has 1 N–H and O–H groups in total. The highest BCUT2D eigenvalue weighted by molar-refractivity contribution is 7.17. The van der Waals surface area contributed by atoms with Crippen LogP contribution in [-0.2, 0) is 16.0 Å². The zero-order valence-corrected chi connectivity index (χ0v) is 13.8. The van der Waals surface area contributed by atoms with E-state index in [4.69, 9.17) is 16.3 Å². The number of nitrogens with zero attached hydrogens (tertiary/aromatic N) is 1. The van der Waals surface area contributed by atoms with Crippen LogP contribution in [0.5, 0.6) is 0 Å². The van der Waals surface area contributed by atoms with Crippen LogP contribution < -0.4 is 5.32 Å². The van der Waals surface area contributed by atoms with E-state index in [0.717, 1.165) is 16.2 Å². The number of halogens is 1. The van der Waals surface area contributed by atoms with E-state index < -0.39 is 5.97 Å². The normalized spacial score (nSPS) is 10.4. The van der Waals surface area contributed by atoms with Crippen LogP contribution in [-0.4, -0.2) is 23.5 Å². The average Bonchev–Trinajstić information content (AvgIpc) is 2.96. The zero-order valence-electron chi connectivity index (χ0n) is 11.4. The fourth-order valence-electron chi connectivity index (χ4n) is 1.60. The lowest BCUT2D eigenvalue weighted by Gasteiger charge is -1.99. The number of ether oxygens (including phenoxy) is 1. The molecule has 0 aliphatic rings. The number of carbonyl (C=O) groups excluding carboxylic acids is 2. The SMILES string of the molecule is CCOC(=O)c1sc(NC(=O)Cc2ccc(Cl)s2)nc1C. The Kier molecular flexibility index (Phi) is 5.33. The molecule has 112 valence electrons. The third kappa shape index (κ3) is 4.26. The number of anilines is 1. The van der Waals surface area contributed by atoms with E-state index in [2.05, 4.69) is 10.3 Å². The lowest BCUT2D eigenvalue weighted by Crippen LogP contribution is -2.13. The molecule has 0 aliphatic heterocycles. The first-order chi connectivity index (χ1) is 9.99. The summed E-state index contributed by atoms with van der Waals surface area (Å²) in [6.07, 6.45) is 0.227. The molecule has 5 nitrogen and oxygen atoms in total. The highest BCUT2D eigenvalue weighted by Crippen LogP contribution is 2.25. The number of esters is 1. The Morgan fingerprint density at radius 2 is 2.14 bits per heavy atom. The van der Waals surface area contributed by atoms with Gasteiger partial charge >= 0.3 is 5.97 Å². The van der Waals surface area contributed by atoms with E-state index in [-0.39, 0.29) is 12.3 Å². The molecule has 0 atom stereocenters. The lowest BCUT2D eigenvalue weighted by atomic mass is 10.3. The summed E-state index contributed by atoms with van der Waals surface area (Å²) < 4.78 is 5.58. The van der Waals surface area contributed by atoms with Crippen molar-refractivity contribution in [3.63, 3.8) is 0 Å². The number of aryl methyl sites for hydroxylation is 1. The van der Waals surface area contributed by atoms with Gasteiger partial charge in [-0.3, -0.25) is 4.79 Å². The Morgan fingerprint density at radius 1 is 1.38 bits per heavy atom. The Bertz CT molecular complexity index is 666. The standard InChI is InChI=1S/C13H13ClN2O3S2/c1-3-19-12(18)11-7(2)15-13(21-11)16-10(17)6-8-4-5-9(14)20-8/h4-5H,3,6H2,1-2H3,(H,15,16,17). The fraction of sp³-hybridized carbons (Fsp3) is 0.308. The zero-order chi connectivity index (χ0) is 15.4. The number of aromatic nitrogens is 1. The van der Waals surface area contributed by atoms with Crippen LogP contribution in [0, 0.1) is 6.92 Å². The van der Waals surface area contributed by atoms with Crippen LogP contribution in [0.1, 0.15) is 27.2 Å². The number of hydrogen-bond acceptors (Lipinski definition) is 6. The molecular formula is C13H13ClN2O3S2. The minimum Gasteiger partial charge on any atom is -0.462 e. The number of thiophene rings is 1. The van der Waals surface area contributed by atoms with Crippen molar-refractivity contribution in [2.75, 3.05) is 11.9 Å². The third-order valence-corrected chi connectivity index (χ3v) is 4.75. The molecule has 0 radical (unpaired) electrons. The lowest BCUT2D eigenvalue weighted by molar-refractivity contribution is -0.115. The maximum absolute atomic E-state index is 11.9. The van der Waals surface area contributed by atoms with Gasteiger partial charge in [-0.25, -0.2) is 9.78 Å². The molecule has 0 bridgehead atoms. The summed E-state index contributed by atoms with van der Waals surface area (Å²) in [7, 11) is 0. The van der Waals surface area contributed by atoms with Crippen molar-refractivity contribution in [3.05, 3.63) is 31.9 Å². The predicted molar refractivity (Wildman–Crippen MR) is 84.5 cm³/mol. The quantitative estimate of drug-likeness (QED) is 0.842. The molecule has 2 aromatic rings. The maximum Gasteiger partial charge on any atom is 0.350 e. The Labute approximate surface area is 134 Å². The van der Waals surface area contributed by atoms with Crippen LogP contribution in [0.2, 0.25) is 4.34 Å². The second kappa shape index (κ2) is 7.02. The van der Waals surface area contributed by atoms with E-state index in [9.17, 15) is 9.59 Å². The summed E-state index contributed by atoms with van der Waals surface area (Å²) in [6.45, 7) is 3.75. The molecule has 2 heterocycles. The highest BCUT2D eigenvalue weighted by Gasteiger charge is 2.17. The average molecular weight is 345 g/mol. The summed E-state index contributed by atoms with van der Waals surface area (Å²) in [4.78, 5) is 29.0. The van der Waals surface area contributed by atoms with E-state index in [1.165, 1.54) is 11.3 Å². The second-order valence-electron chi connectivity index (χ2n) is 4.08. The van der Waals surface area contributed by atoms with E-state index in [1.54, 1.807) is 19.9 Å². The molecule has 0 fully saturated rings. The van der Waals surface area contributed by atoms with Gasteiger partial charge in [0.15, 0.2) is 5.13 Å². The first-order valence-corrected chi connectivity index (χ1v) is 8.19. The molecule has 0 spiro atoms. The predicted octanol–water partition coefficient (Wildman–Crippen LogP) is 3.52. The van der Waals surface area contributed by atoms with Gasteiger partial charge < -0.3 is 10.1 Å². The first-order valence-electron chi connectivity index (χ1n) is 6.18. The molecule has 2 aromatic heterocycles. The minimum absolute atomic E-state index is 0.197. The molecule has 0 aliphatic carbocycles. The molecular weight excluding hydrogens is 332 g/mol. The van der Waals surface area contributed by atoms with Crippen molar-refractivity contribution in [2.24, 2.45) is 0 Å². The van der Waals surface area contributed by atoms with Gasteiger partial charge in [0, 0.05) is 4.88 Å². The minimum atomic E-state index is -0.418. The smallest absolute Gasteiger partial charge is 0.350 e. The second-order valence-corrected chi connectivity index (χ2v) is 6.88. The van der Waals surface area contributed by atoms with Gasteiger partial charge in [0.05, 0.1) is 23.1 Å². The van der Waals surface area contributed by atoms with E-state index in [1.807, 2.05) is 6.07 Å². The van der Waals surface area contributed by atoms with Gasteiger partial charge in [-0.05, 0) is 26.0 Å². The van der Waals surface area contributed by atoms with E-state index in [0.29, 0.717) is 26.6 Å². The van der Waals surface area contributed by atoms with Crippen molar-refractivity contribution >= 4 is 51.3 Å². The molecule has 1 amide bonds. The molecule has 21 heavy (non-hydrogen) atoms. The fourth-order valence-corrected chi connectivity index (χ4v) is 3.57. The van der Waals surface area contributed by atoms with Gasteiger partial charge in [-0.15, -0.1) is 11.3 Å². The molecule has 2 rings (SSSR count). The third-order valence-electron chi connectivity index (χ3n) is 2.47. The monoisotopic (exact) mass is 344 g/mol. The Morgan fingerprint density at radius 3 is 2.76 bits per heavy atom. The van der Waals surface area contributed by atoms with Crippen LogP contribution in [0.4, 0.5) is 5.13 Å². The molecule has 0 aromatic carbocycles. The van der Waals surface area contributed by atoms with Gasteiger partial charge in [-0.2, -0.15) is 0 Å². The van der Waals surface area contributed by atoms with Gasteiger partial charge in [0.1, 0.15) is 4.88 Å². The van der Waals surface area contributed by atoms with Crippen molar-refractivity contribution in [1.29, 1.82) is 0 Å². The van der Waals surface area contributed by atoms with Crippen molar-refractivity contribution in [2.45, 2.75) is 20.3 Å². The van der Waals surface area contributed by atoms with E-state index >= 15 is 0 Å². The number of carbonyl (C=O) groups is 2. The van der Waals surface area contributed by atoms with Crippen LogP contribution in [0.15, 0.2) is 12.1 Å². The summed E-state index contributed by atoms with van der Waals surface area (Å²) in [5, 5.41) is 3.07. The highest BCUT2D eigenvalue weighted by atomic mass is 35.5. The van der Waals surface area contributed by atoms with Crippen LogP contribution in [0.25, 0.3) is 0 Å². The summed E-state index contributed by atoms with van der Waals surface area (Å²) in [6, 6.07) is 3.56. The number of thiazole rings is 1. The van der Waals surface area contributed by atoms with Gasteiger partial charge in [0.2, 0.25) is 5.91 Å². The van der Waals surface area contributed by atoms with Crippen molar-refractivity contribution in [1.82, 2.24) is 4.98 Å². The van der Waals surface area contributed by atoms with Crippen LogP contribution >= 0.6 is 34.3 Å². The maximum atomic E-state index is 11.9. The number of amides is 1. The van der Waals surface area contributed by atoms with Gasteiger partial charge in [0.25, 0.3) is 0 Å². The Hall–Kier alpha value is -1.44. The largest absolute Gasteiger partial charge is 0.462 e. The topological polar surface area (TPSA) is 68.3 Å². The Balaban J connectivity index is 2.01. The summed E-state index contributed by atoms with van der Waals surface area (Å²) in [5.41, 5.74) is 0.549. The van der Waals surface area contributed by atoms with Crippen LogP contribution in [0.3, 0.4) is 0 Å².